The number of amides is 1. The van der Waals surface area contributed by atoms with Gasteiger partial charge in [-0.2, -0.15) is 5.10 Å². The van der Waals surface area contributed by atoms with E-state index in [-0.39, 0.29) is 19.1 Å². The van der Waals surface area contributed by atoms with Gasteiger partial charge in [-0.1, -0.05) is 18.2 Å². The zero-order valence-corrected chi connectivity index (χ0v) is 21.0. The average molecular weight is 512 g/mol. The van der Waals surface area contributed by atoms with Gasteiger partial charge in [0.15, 0.2) is 0 Å². The lowest BCUT2D eigenvalue weighted by molar-refractivity contribution is 0.0689. The molecule has 0 saturated carbocycles. The highest BCUT2D eigenvalue weighted by molar-refractivity contribution is 5.95. The minimum absolute atomic E-state index is 0.149. The second kappa shape index (κ2) is 9.38. The number of rotatable bonds is 6. The lowest BCUT2D eigenvalue weighted by Crippen LogP contribution is -2.39. The van der Waals surface area contributed by atoms with Crippen molar-refractivity contribution in [3.05, 3.63) is 89.3 Å². The van der Waals surface area contributed by atoms with E-state index in [9.17, 15) is 14.3 Å². The van der Waals surface area contributed by atoms with Gasteiger partial charge in [0.05, 0.1) is 29.7 Å². The van der Waals surface area contributed by atoms with Crippen LogP contribution in [0.25, 0.3) is 22.2 Å². The number of aliphatic hydroxyl groups is 1. The molecular formula is C28H26FN7O2. The van der Waals surface area contributed by atoms with Crippen LogP contribution in [0.2, 0.25) is 0 Å². The summed E-state index contributed by atoms with van der Waals surface area (Å²) in [5.74, 6) is -0.0988. The number of hydrogen-bond donors (Lipinski definition) is 2. The summed E-state index contributed by atoms with van der Waals surface area (Å²) in [6.07, 6.45) is 5.51. The summed E-state index contributed by atoms with van der Waals surface area (Å²) >= 11 is 0. The third kappa shape index (κ3) is 4.18. The Morgan fingerprint density at radius 2 is 1.97 bits per heavy atom. The molecule has 2 N–H and O–H groups in total. The van der Waals surface area contributed by atoms with Crippen LogP contribution < -0.4 is 5.32 Å². The highest BCUT2D eigenvalue weighted by Crippen LogP contribution is 2.29. The number of hydrogen-bond acceptors (Lipinski definition) is 6. The number of anilines is 2. The number of aromatic nitrogens is 5. The van der Waals surface area contributed by atoms with E-state index >= 15 is 0 Å². The van der Waals surface area contributed by atoms with Crippen LogP contribution in [-0.4, -0.2) is 46.8 Å². The van der Waals surface area contributed by atoms with Crippen LogP contribution >= 0.6 is 0 Å². The lowest BCUT2D eigenvalue weighted by Gasteiger charge is -2.29. The van der Waals surface area contributed by atoms with Crippen molar-refractivity contribution in [1.82, 2.24) is 29.2 Å². The Balaban J connectivity index is 1.28. The zero-order valence-electron chi connectivity index (χ0n) is 21.0. The number of nitrogens with one attached hydrogen (secondary N) is 1. The van der Waals surface area contributed by atoms with Crippen LogP contribution in [0.1, 0.15) is 27.2 Å². The Labute approximate surface area is 218 Å². The van der Waals surface area contributed by atoms with Gasteiger partial charge in [-0.15, -0.1) is 0 Å². The van der Waals surface area contributed by atoms with Crippen molar-refractivity contribution in [1.29, 1.82) is 0 Å². The van der Waals surface area contributed by atoms with Crippen molar-refractivity contribution < 1.29 is 14.3 Å². The van der Waals surface area contributed by atoms with Gasteiger partial charge in [-0.25, -0.2) is 14.4 Å². The van der Waals surface area contributed by atoms with Crippen LogP contribution in [0.3, 0.4) is 0 Å². The quantitative estimate of drug-likeness (QED) is 0.355. The fourth-order valence-electron chi connectivity index (χ4n) is 5.00. The molecule has 0 atom stereocenters. The molecule has 0 radical (unpaired) electrons. The predicted octanol–water partition coefficient (Wildman–Crippen LogP) is 4.17. The first-order valence-corrected chi connectivity index (χ1v) is 12.3. The first-order valence-electron chi connectivity index (χ1n) is 12.3. The third-order valence-corrected chi connectivity index (χ3v) is 6.97. The van der Waals surface area contributed by atoms with E-state index in [1.54, 1.807) is 21.8 Å². The van der Waals surface area contributed by atoms with E-state index in [0.29, 0.717) is 35.9 Å². The van der Waals surface area contributed by atoms with Gasteiger partial charge in [-0.3, -0.25) is 9.48 Å². The molecule has 3 aromatic heterocycles. The summed E-state index contributed by atoms with van der Waals surface area (Å²) in [5.41, 5.74) is 5.98. The molecule has 1 aliphatic rings. The number of aryl methyl sites for hydroxylation is 2. The van der Waals surface area contributed by atoms with Gasteiger partial charge in [0.1, 0.15) is 11.5 Å². The molecule has 0 saturated heterocycles. The largest absolute Gasteiger partial charge is 0.392 e. The monoisotopic (exact) mass is 511 g/mol. The summed E-state index contributed by atoms with van der Waals surface area (Å²) in [7, 11) is 1.89. The first kappa shape index (κ1) is 23.8. The van der Waals surface area contributed by atoms with E-state index in [0.717, 1.165) is 33.4 Å². The molecule has 0 aliphatic carbocycles. The fourth-order valence-corrected chi connectivity index (χ4v) is 5.00. The molecule has 0 bridgehead atoms. The van der Waals surface area contributed by atoms with Crippen molar-refractivity contribution in [2.45, 2.75) is 26.6 Å². The molecule has 192 valence electrons. The summed E-state index contributed by atoms with van der Waals surface area (Å²) < 4.78 is 17.6. The van der Waals surface area contributed by atoms with E-state index < -0.39 is 5.82 Å². The van der Waals surface area contributed by atoms with E-state index in [1.165, 1.54) is 12.1 Å². The minimum atomic E-state index is -0.393. The van der Waals surface area contributed by atoms with Crippen LogP contribution in [0, 0.1) is 12.7 Å². The average Bonchev–Trinajstić information content (AvgIpc) is 3.52. The van der Waals surface area contributed by atoms with Crippen molar-refractivity contribution >= 4 is 28.4 Å². The molecule has 38 heavy (non-hydrogen) atoms. The Morgan fingerprint density at radius 3 is 2.82 bits per heavy atom. The molecule has 0 fully saturated rings. The SMILES string of the molecule is Cc1cnc(Nc2cccc3cnn(C)c23)nc1-c1cc2n(c1)CCN(Cc1cc(F)ccc1CO)C2=O. The lowest BCUT2D eigenvalue weighted by atomic mass is 10.1. The Hall–Kier alpha value is -4.57. The van der Waals surface area contributed by atoms with E-state index in [1.807, 2.05) is 55.2 Å². The maximum Gasteiger partial charge on any atom is 0.270 e. The van der Waals surface area contributed by atoms with E-state index in [4.69, 9.17) is 4.98 Å². The molecule has 1 aliphatic heterocycles. The first-order chi connectivity index (χ1) is 18.4. The topological polar surface area (TPSA) is 101 Å². The zero-order chi connectivity index (χ0) is 26.4. The maximum absolute atomic E-state index is 13.8. The second-order valence-corrected chi connectivity index (χ2v) is 9.47. The number of fused-ring (bicyclic) bond motifs is 2. The number of para-hydroxylation sites is 1. The number of carbonyl (C=O) groups excluding carboxylic acids is 1. The molecule has 10 heteroatoms. The molecule has 0 spiro atoms. The molecule has 0 unspecified atom stereocenters. The van der Waals surface area contributed by atoms with Crippen LogP contribution in [0.4, 0.5) is 16.0 Å². The molecule has 4 heterocycles. The fraction of sp³-hybridized carbons (Fsp3) is 0.214. The summed E-state index contributed by atoms with van der Waals surface area (Å²) in [6, 6.07) is 12.0. The molecule has 5 aromatic rings. The normalized spacial score (nSPS) is 13.3. The molecule has 2 aromatic carbocycles. The molecule has 9 nitrogen and oxygen atoms in total. The number of aliphatic hydroxyl groups excluding tert-OH is 1. The van der Waals surface area contributed by atoms with Crippen molar-refractivity contribution in [2.75, 3.05) is 11.9 Å². The standard InChI is InChI=1S/C28H26FN7O2/c1-17-12-30-28(32-23-5-3-4-18-13-31-34(2)26(18)23)33-25(17)21-11-24-27(38)36(9-8-35(24)15-21)14-20-10-22(29)7-6-19(20)16-37/h3-7,10-13,15,37H,8-9,14,16H2,1-2H3,(H,30,32,33). The van der Waals surface area contributed by atoms with Crippen LogP contribution in [-0.2, 0) is 26.7 Å². The number of carbonyl (C=O) groups is 1. The van der Waals surface area contributed by atoms with E-state index in [2.05, 4.69) is 15.4 Å². The van der Waals surface area contributed by atoms with Crippen molar-refractivity contribution in [3.8, 4) is 11.3 Å². The smallest absolute Gasteiger partial charge is 0.270 e. The number of halogens is 1. The predicted molar refractivity (Wildman–Crippen MR) is 141 cm³/mol. The molecule has 6 rings (SSSR count). The number of nitrogens with zero attached hydrogens (tertiary/aromatic N) is 6. The van der Waals surface area contributed by atoms with Gasteiger partial charge >= 0.3 is 0 Å². The van der Waals surface area contributed by atoms with Gasteiger partial charge in [0.2, 0.25) is 5.95 Å². The Bertz CT molecular complexity index is 1690. The second-order valence-electron chi connectivity index (χ2n) is 9.47. The van der Waals surface area contributed by atoms with Gasteiger partial charge in [0, 0.05) is 50.0 Å². The van der Waals surface area contributed by atoms with Crippen molar-refractivity contribution in [2.24, 2.45) is 7.05 Å². The molecule has 1 amide bonds. The molecular weight excluding hydrogens is 485 g/mol. The van der Waals surface area contributed by atoms with Crippen LogP contribution in [0.5, 0.6) is 0 Å². The minimum Gasteiger partial charge on any atom is -0.392 e. The van der Waals surface area contributed by atoms with Crippen molar-refractivity contribution in [3.63, 3.8) is 0 Å². The van der Waals surface area contributed by atoms with Gasteiger partial charge in [0.25, 0.3) is 5.91 Å². The van der Waals surface area contributed by atoms with Gasteiger partial charge in [-0.05, 0) is 47.9 Å². The number of benzene rings is 2. The Kier molecular flexibility index (Phi) is 5.88. The summed E-state index contributed by atoms with van der Waals surface area (Å²) in [4.78, 5) is 24.3. The Morgan fingerprint density at radius 1 is 1.11 bits per heavy atom. The van der Waals surface area contributed by atoms with Gasteiger partial charge < -0.3 is 19.9 Å². The maximum atomic E-state index is 13.8. The highest BCUT2D eigenvalue weighted by atomic mass is 19.1. The highest BCUT2D eigenvalue weighted by Gasteiger charge is 2.27. The summed E-state index contributed by atoms with van der Waals surface area (Å²) in [6.45, 7) is 3.03. The third-order valence-electron chi connectivity index (χ3n) is 6.97. The summed E-state index contributed by atoms with van der Waals surface area (Å²) in [5, 5.41) is 18.3. The van der Waals surface area contributed by atoms with Crippen LogP contribution in [0.15, 0.2) is 61.1 Å².